The quantitative estimate of drug-likeness (QED) is 0.282. The summed E-state index contributed by atoms with van der Waals surface area (Å²) in [6.07, 6.45) is 0.627. The highest BCUT2D eigenvalue weighted by atomic mass is 16.6. The highest BCUT2D eigenvalue weighted by molar-refractivity contribution is 5.56. The summed E-state index contributed by atoms with van der Waals surface area (Å²) in [6, 6.07) is 0. The van der Waals surface area contributed by atoms with Gasteiger partial charge in [0.25, 0.3) is 0 Å². The van der Waals surface area contributed by atoms with E-state index >= 15 is 0 Å². The Hall–Kier alpha value is -1.06. The van der Waals surface area contributed by atoms with E-state index in [1.807, 2.05) is 55.4 Å². The summed E-state index contributed by atoms with van der Waals surface area (Å²) in [6.45, 7) is 16.6. The van der Waals surface area contributed by atoms with Crippen molar-refractivity contribution in [1.29, 1.82) is 0 Å². The average molecular weight is 637 g/mol. The maximum absolute atomic E-state index is 10.7. The van der Waals surface area contributed by atoms with Crippen LogP contribution in [-0.4, -0.2) is 135 Å². The van der Waals surface area contributed by atoms with E-state index in [4.69, 9.17) is 38.6 Å². The minimum absolute atomic E-state index is 0.0000463. The fourth-order valence-electron chi connectivity index (χ4n) is 5.83. The summed E-state index contributed by atoms with van der Waals surface area (Å²) in [4.78, 5) is 21.3. The molecule has 0 aromatic carbocycles. The maximum Gasteiger partial charge on any atom is 0.126 e. The van der Waals surface area contributed by atoms with E-state index in [1.54, 1.807) is 14.2 Å². The van der Waals surface area contributed by atoms with Gasteiger partial charge in [0, 0.05) is 37.9 Å². The van der Waals surface area contributed by atoms with Gasteiger partial charge in [0.1, 0.15) is 24.8 Å². The monoisotopic (exact) mass is 636 g/mol. The first-order valence-electron chi connectivity index (χ1n) is 15.8. The first kappa shape index (κ1) is 41.0. The van der Waals surface area contributed by atoms with Crippen LogP contribution in [0.1, 0.15) is 55.4 Å². The van der Waals surface area contributed by atoms with Crippen molar-refractivity contribution in [3.8, 4) is 0 Å². The van der Waals surface area contributed by atoms with E-state index in [0.29, 0.717) is 19.1 Å². The Labute approximate surface area is 263 Å². The fourth-order valence-corrected chi connectivity index (χ4v) is 5.83. The molecule has 4 N–H and O–H groups in total. The first-order chi connectivity index (χ1) is 20.7. The molecule has 12 nitrogen and oxygen atoms in total. The Bertz CT molecular complexity index is 801. The lowest BCUT2D eigenvalue weighted by Crippen LogP contribution is -2.28. The van der Waals surface area contributed by atoms with Crippen LogP contribution in [0, 0.1) is 35.5 Å². The van der Waals surface area contributed by atoms with Gasteiger partial charge in [0.2, 0.25) is 0 Å². The lowest BCUT2D eigenvalue weighted by atomic mass is 9.91. The summed E-state index contributed by atoms with van der Waals surface area (Å²) in [7, 11) is 3.24. The van der Waals surface area contributed by atoms with Crippen LogP contribution in [0.25, 0.3) is 0 Å². The van der Waals surface area contributed by atoms with E-state index in [-0.39, 0.29) is 97.7 Å². The summed E-state index contributed by atoms with van der Waals surface area (Å²) in [5.74, 6) is 0.759. The Morgan fingerprint density at radius 3 is 1.14 bits per heavy atom. The highest BCUT2D eigenvalue weighted by Gasteiger charge is 2.40. The van der Waals surface area contributed by atoms with Crippen LogP contribution in [0.15, 0.2) is 0 Å². The topological polar surface area (TPSA) is 170 Å². The van der Waals surface area contributed by atoms with Crippen molar-refractivity contribution in [2.24, 2.45) is 35.5 Å². The standard InChI is InChI=1S/C9H16O3.C8H16O3.C8H14O3.C7H14O3/c1-6-7(2)12-9(5-11-3)8(6)4-10;1-5-6(2)11-7(4-10-3)8(5)9;1-5-6(2)11-8(4-10)7(5)3-9;1-4-5(2)10-6(3-8)7(4)9/h4,6-9H,5H2,1-3H3;5-9H,4H2,1-3H3;3,5-8,10H,4H2,1-2H3;4-9H,3H2,1-2H3. The second-order valence-electron chi connectivity index (χ2n) is 12.6. The van der Waals surface area contributed by atoms with Crippen LogP contribution in [0.3, 0.4) is 0 Å². The van der Waals surface area contributed by atoms with Gasteiger partial charge in [-0.2, -0.15) is 0 Å². The number of hydrogen-bond acceptors (Lipinski definition) is 12. The number of carbonyl (C=O) groups is 2. The molecule has 0 aromatic rings. The maximum atomic E-state index is 10.7. The van der Waals surface area contributed by atoms with Crippen molar-refractivity contribution >= 4 is 12.6 Å². The van der Waals surface area contributed by atoms with Gasteiger partial charge >= 0.3 is 0 Å². The minimum Gasteiger partial charge on any atom is -0.394 e. The number of methoxy groups -OCH3 is 2. The third-order valence-corrected chi connectivity index (χ3v) is 9.77. The normalized spacial score (nSPS) is 44.5. The van der Waals surface area contributed by atoms with Crippen LogP contribution in [0.5, 0.6) is 0 Å². The SMILES string of the molecule is CC1OC(CO)C(C=O)C1C.CC1OC(CO)C(O)C1C.COCC1OC(C)C(C)C1C=O.COCC1OC(C)C(C)C1O. The molecule has 0 saturated carbocycles. The third-order valence-electron chi connectivity index (χ3n) is 9.77. The predicted octanol–water partition coefficient (Wildman–Crippen LogP) is 1.27. The van der Waals surface area contributed by atoms with E-state index < -0.39 is 6.10 Å². The Morgan fingerprint density at radius 2 is 0.841 bits per heavy atom. The Kier molecular flexibility index (Phi) is 18.8. The molecule has 0 radical (unpaired) electrons. The second kappa shape index (κ2) is 20.2. The van der Waals surface area contributed by atoms with Crippen LogP contribution in [0.2, 0.25) is 0 Å². The van der Waals surface area contributed by atoms with E-state index in [2.05, 4.69) is 0 Å². The third kappa shape index (κ3) is 11.0. The largest absolute Gasteiger partial charge is 0.394 e. The van der Waals surface area contributed by atoms with Gasteiger partial charge in [-0.3, -0.25) is 0 Å². The van der Waals surface area contributed by atoms with Crippen LogP contribution < -0.4 is 0 Å². The number of ether oxygens (including phenoxy) is 6. The summed E-state index contributed by atoms with van der Waals surface area (Å²) in [5, 5.41) is 36.4. The molecule has 12 heteroatoms. The van der Waals surface area contributed by atoms with Crippen molar-refractivity contribution in [3.63, 3.8) is 0 Å². The number of aliphatic hydroxyl groups excluding tert-OH is 4. The number of aliphatic hydroxyl groups is 4. The zero-order valence-electron chi connectivity index (χ0n) is 28.3. The van der Waals surface area contributed by atoms with Gasteiger partial charge in [-0.15, -0.1) is 0 Å². The predicted molar refractivity (Wildman–Crippen MR) is 163 cm³/mol. The molecule has 16 atom stereocenters. The molecule has 44 heavy (non-hydrogen) atoms. The van der Waals surface area contributed by atoms with Crippen molar-refractivity contribution in [1.82, 2.24) is 0 Å². The molecule has 0 amide bonds. The van der Waals surface area contributed by atoms with Crippen LogP contribution in [0.4, 0.5) is 0 Å². The first-order valence-corrected chi connectivity index (χ1v) is 15.8. The van der Waals surface area contributed by atoms with Gasteiger partial charge < -0.3 is 58.4 Å². The van der Waals surface area contributed by atoms with E-state index in [1.165, 1.54) is 0 Å². The van der Waals surface area contributed by atoms with Crippen molar-refractivity contribution in [2.75, 3.05) is 40.6 Å². The molecule has 4 heterocycles. The molecule has 4 fully saturated rings. The zero-order chi connectivity index (χ0) is 33.7. The molecule has 260 valence electrons. The molecule has 4 saturated heterocycles. The van der Waals surface area contributed by atoms with Crippen molar-refractivity contribution < 1.29 is 58.4 Å². The van der Waals surface area contributed by atoms with Gasteiger partial charge in [0.15, 0.2) is 0 Å². The summed E-state index contributed by atoms with van der Waals surface area (Å²) < 4.78 is 31.5. The second-order valence-corrected chi connectivity index (χ2v) is 12.6. The van der Waals surface area contributed by atoms with Gasteiger partial charge in [0.05, 0.1) is 75.3 Å². The van der Waals surface area contributed by atoms with Crippen molar-refractivity contribution in [2.45, 2.75) is 116 Å². The Morgan fingerprint density at radius 1 is 0.523 bits per heavy atom. The van der Waals surface area contributed by atoms with Gasteiger partial charge in [-0.05, 0) is 39.5 Å². The summed E-state index contributed by atoms with van der Waals surface area (Å²) in [5.41, 5.74) is 0. The van der Waals surface area contributed by atoms with Crippen molar-refractivity contribution in [3.05, 3.63) is 0 Å². The number of hydrogen-bond donors (Lipinski definition) is 4. The fraction of sp³-hybridized carbons (Fsp3) is 0.938. The smallest absolute Gasteiger partial charge is 0.126 e. The molecule has 16 unspecified atom stereocenters. The zero-order valence-corrected chi connectivity index (χ0v) is 28.3. The van der Waals surface area contributed by atoms with Gasteiger partial charge in [-0.1, -0.05) is 27.7 Å². The molecule has 0 bridgehead atoms. The van der Waals surface area contributed by atoms with Crippen LogP contribution >= 0.6 is 0 Å². The number of carbonyl (C=O) groups excluding carboxylic acids is 2. The molecule has 4 rings (SSSR count). The molecule has 0 aliphatic carbocycles. The lowest BCUT2D eigenvalue weighted by Gasteiger charge is -2.13. The highest BCUT2D eigenvalue weighted by Crippen LogP contribution is 2.31. The number of rotatable bonds is 8. The van der Waals surface area contributed by atoms with Gasteiger partial charge in [-0.25, -0.2) is 0 Å². The van der Waals surface area contributed by atoms with E-state index in [0.717, 1.165) is 12.6 Å². The number of aldehydes is 2. The molecular weight excluding hydrogens is 576 g/mol. The summed E-state index contributed by atoms with van der Waals surface area (Å²) >= 11 is 0. The molecular formula is C32H60O12. The van der Waals surface area contributed by atoms with E-state index in [9.17, 15) is 19.8 Å². The Balaban J connectivity index is 0.000000294. The minimum atomic E-state index is -0.500. The molecule has 0 spiro atoms. The molecule has 4 aliphatic heterocycles. The van der Waals surface area contributed by atoms with Crippen LogP contribution in [-0.2, 0) is 38.0 Å². The lowest BCUT2D eigenvalue weighted by molar-refractivity contribution is -0.114. The molecule has 4 aliphatic rings. The average Bonchev–Trinajstić information content (AvgIpc) is 3.63. The molecule has 0 aromatic heterocycles.